The Hall–Kier alpha value is -1.10. The molecule has 0 saturated heterocycles. The Morgan fingerprint density at radius 3 is 2.25 bits per heavy atom. The van der Waals surface area contributed by atoms with E-state index in [0.717, 1.165) is 0 Å². The van der Waals surface area contributed by atoms with Gasteiger partial charge in [-0.1, -0.05) is 0 Å². The van der Waals surface area contributed by atoms with Gasteiger partial charge in [-0.3, -0.25) is 9.59 Å². The number of nitrogens with one attached hydrogen (secondary N) is 1. The summed E-state index contributed by atoms with van der Waals surface area (Å²) in [6.07, 6.45) is 0.137. The maximum Gasteiger partial charge on any atom is 0.236 e. The van der Waals surface area contributed by atoms with Crippen LogP contribution in [0.25, 0.3) is 0 Å². The maximum atomic E-state index is 10.9. The van der Waals surface area contributed by atoms with E-state index in [-0.39, 0.29) is 18.4 Å². The predicted octanol–water partition coefficient (Wildman–Crippen LogP) is -1.29. The molecule has 0 aliphatic carbocycles. The van der Waals surface area contributed by atoms with Gasteiger partial charge in [0.1, 0.15) is 0 Å². The van der Waals surface area contributed by atoms with Gasteiger partial charge in [0, 0.05) is 12.5 Å². The fourth-order valence-corrected chi connectivity index (χ4v) is 0.727. The predicted molar refractivity (Wildman–Crippen MR) is 45.1 cm³/mol. The van der Waals surface area contributed by atoms with E-state index in [9.17, 15) is 9.59 Å². The molecule has 0 aliphatic heterocycles. The highest BCUT2D eigenvalue weighted by molar-refractivity contribution is 5.82. The van der Waals surface area contributed by atoms with Crippen LogP contribution >= 0.6 is 0 Å². The van der Waals surface area contributed by atoms with Crippen LogP contribution in [0.4, 0.5) is 0 Å². The van der Waals surface area contributed by atoms with E-state index in [4.69, 9.17) is 11.5 Å². The summed E-state index contributed by atoms with van der Waals surface area (Å²) < 4.78 is 0. The van der Waals surface area contributed by atoms with Crippen LogP contribution in [0.15, 0.2) is 0 Å². The average molecular weight is 173 g/mol. The number of amides is 2. The lowest BCUT2D eigenvalue weighted by atomic mass is 10.2. The third kappa shape index (κ3) is 4.68. The van der Waals surface area contributed by atoms with Gasteiger partial charge in [0.25, 0.3) is 0 Å². The van der Waals surface area contributed by atoms with Gasteiger partial charge in [-0.2, -0.15) is 0 Å². The van der Waals surface area contributed by atoms with Crippen LogP contribution in [-0.4, -0.2) is 23.9 Å². The van der Waals surface area contributed by atoms with E-state index in [1.165, 1.54) is 0 Å². The van der Waals surface area contributed by atoms with Crippen molar-refractivity contribution >= 4 is 11.8 Å². The van der Waals surface area contributed by atoms with Crippen LogP contribution < -0.4 is 16.8 Å². The van der Waals surface area contributed by atoms with E-state index in [0.29, 0.717) is 0 Å². The van der Waals surface area contributed by atoms with Crippen LogP contribution in [0.5, 0.6) is 0 Å². The quantitative estimate of drug-likeness (QED) is 0.493. The minimum Gasteiger partial charge on any atom is -0.370 e. The molecule has 12 heavy (non-hydrogen) atoms. The molecule has 5 heteroatoms. The lowest BCUT2D eigenvalue weighted by Gasteiger charge is -2.13. The molecule has 0 aliphatic rings. The monoisotopic (exact) mass is 173 g/mol. The normalized spacial score (nSPS) is 14.9. The van der Waals surface area contributed by atoms with Crippen LogP contribution in [0.1, 0.15) is 20.3 Å². The molecular formula is C7H15N3O2. The highest BCUT2D eigenvalue weighted by Gasteiger charge is 2.12. The zero-order chi connectivity index (χ0) is 9.72. The molecule has 0 saturated carbocycles. The molecule has 0 fully saturated rings. The van der Waals surface area contributed by atoms with Gasteiger partial charge in [-0.25, -0.2) is 0 Å². The third-order valence-electron chi connectivity index (χ3n) is 1.31. The SMILES string of the molecule is CC(CC(N)=O)NC(=O)[C@H](C)N. The number of nitrogens with two attached hydrogens (primary N) is 2. The summed E-state index contributed by atoms with van der Waals surface area (Å²) in [6.45, 7) is 3.28. The van der Waals surface area contributed by atoms with Crippen molar-refractivity contribution in [1.29, 1.82) is 0 Å². The first-order valence-electron chi connectivity index (χ1n) is 3.77. The van der Waals surface area contributed by atoms with E-state index in [1.54, 1.807) is 13.8 Å². The van der Waals surface area contributed by atoms with Crippen molar-refractivity contribution in [3.05, 3.63) is 0 Å². The Morgan fingerprint density at radius 2 is 1.92 bits per heavy atom. The third-order valence-corrected chi connectivity index (χ3v) is 1.31. The Morgan fingerprint density at radius 1 is 1.42 bits per heavy atom. The Kier molecular flexibility index (Phi) is 4.28. The number of carbonyl (C=O) groups is 2. The summed E-state index contributed by atoms with van der Waals surface area (Å²) in [6, 6.07) is -0.804. The zero-order valence-electron chi connectivity index (χ0n) is 7.33. The first-order valence-corrected chi connectivity index (χ1v) is 3.77. The highest BCUT2D eigenvalue weighted by Crippen LogP contribution is 1.89. The summed E-state index contributed by atoms with van der Waals surface area (Å²) >= 11 is 0. The van der Waals surface area contributed by atoms with Gasteiger partial charge in [-0.15, -0.1) is 0 Å². The number of carbonyl (C=O) groups excluding carboxylic acids is 2. The minimum absolute atomic E-state index is 0.137. The summed E-state index contributed by atoms with van der Waals surface area (Å²) in [4.78, 5) is 21.3. The van der Waals surface area contributed by atoms with E-state index in [2.05, 4.69) is 5.32 Å². The fraction of sp³-hybridized carbons (Fsp3) is 0.714. The van der Waals surface area contributed by atoms with Crippen molar-refractivity contribution in [1.82, 2.24) is 5.32 Å². The highest BCUT2D eigenvalue weighted by atomic mass is 16.2. The van der Waals surface area contributed by atoms with Crippen molar-refractivity contribution in [2.24, 2.45) is 11.5 Å². The second-order valence-corrected chi connectivity index (χ2v) is 2.87. The minimum atomic E-state index is -0.555. The molecule has 0 radical (unpaired) electrons. The van der Waals surface area contributed by atoms with Gasteiger partial charge in [0.05, 0.1) is 6.04 Å². The van der Waals surface area contributed by atoms with E-state index in [1.807, 2.05) is 0 Å². The van der Waals surface area contributed by atoms with E-state index < -0.39 is 11.9 Å². The van der Waals surface area contributed by atoms with Gasteiger partial charge >= 0.3 is 0 Å². The molecule has 70 valence electrons. The van der Waals surface area contributed by atoms with Crippen LogP contribution in [0.2, 0.25) is 0 Å². The second-order valence-electron chi connectivity index (χ2n) is 2.87. The molecule has 0 aromatic heterocycles. The molecule has 0 bridgehead atoms. The average Bonchev–Trinajstić information content (AvgIpc) is 1.84. The summed E-state index contributed by atoms with van der Waals surface area (Å²) in [5.41, 5.74) is 10.2. The topological polar surface area (TPSA) is 98.2 Å². The van der Waals surface area contributed by atoms with Crippen molar-refractivity contribution < 1.29 is 9.59 Å². The first-order chi connectivity index (χ1) is 5.43. The number of hydrogen-bond acceptors (Lipinski definition) is 3. The molecule has 5 N–H and O–H groups in total. The van der Waals surface area contributed by atoms with Gasteiger partial charge in [0.2, 0.25) is 11.8 Å². The van der Waals surface area contributed by atoms with Crippen LogP contribution in [0, 0.1) is 0 Å². The Balaban J connectivity index is 3.76. The second kappa shape index (κ2) is 4.71. The number of primary amides is 1. The molecule has 0 rings (SSSR count). The van der Waals surface area contributed by atoms with Gasteiger partial charge < -0.3 is 16.8 Å². The van der Waals surface area contributed by atoms with E-state index >= 15 is 0 Å². The van der Waals surface area contributed by atoms with Crippen molar-refractivity contribution in [3.63, 3.8) is 0 Å². The largest absolute Gasteiger partial charge is 0.370 e. The van der Waals surface area contributed by atoms with Crippen molar-refractivity contribution in [3.8, 4) is 0 Å². The Labute approximate surface area is 71.5 Å². The first kappa shape index (κ1) is 10.9. The molecule has 1 unspecified atom stereocenters. The Bertz CT molecular complexity index is 179. The smallest absolute Gasteiger partial charge is 0.236 e. The van der Waals surface area contributed by atoms with Crippen molar-refractivity contribution in [2.45, 2.75) is 32.4 Å². The standard InChI is InChI=1S/C7H15N3O2/c1-4(3-6(9)11)10-7(12)5(2)8/h4-5H,3,8H2,1-2H3,(H2,9,11)(H,10,12)/t4?,5-/m0/s1. The molecular weight excluding hydrogens is 158 g/mol. The summed E-state index contributed by atoms with van der Waals surface area (Å²) in [5.74, 6) is -0.712. The summed E-state index contributed by atoms with van der Waals surface area (Å²) in [5, 5.41) is 2.55. The molecule has 5 nitrogen and oxygen atoms in total. The number of rotatable bonds is 4. The molecule has 0 aromatic carbocycles. The molecule has 0 aromatic rings. The number of hydrogen-bond donors (Lipinski definition) is 3. The van der Waals surface area contributed by atoms with Crippen LogP contribution in [-0.2, 0) is 9.59 Å². The van der Waals surface area contributed by atoms with Gasteiger partial charge in [0.15, 0.2) is 0 Å². The van der Waals surface area contributed by atoms with Crippen LogP contribution in [0.3, 0.4) is 0 Å². The lowest BCUT2D eigenvalue weighted by molar-refractivity contribution is -0.123. The maximum absolute atomic E-state index is 10.9. The zero-order valence-corrected chi connectivity index (χ0v) is 7.33. The van der Waals surface area contributed by atoms with Gasteiger partial charge in [-0.05, 0) is 13.8 Å². The molecule has 2 amide bonds. The molecule has 0 heterocycles. The van der Waals surface area contributed by atoms with Crippen molar-refractivity contribution in [2.75, 3.05) is 0 Å². The molecule has 0 spiro atoms. The summed E-state index contributed by atoms with van der Waals surface area (Å²) in [7, 11) is 0. The lowest BCUT2D eigenvalue weighted by Crippen LogP contribution is -2.43. The molecule has 2 atom stereocenters. The fourth-order valence-electron chi connectivity index (χ4n) is 0.727.